The van der Waals surface area contributed by atoms with Gasteiger partial charge >= 0.3 is 0 Å². The van der Waals surface area contributed by atoms with Gasteiger partial charge in [0.15, 0.2) is 11.6 Å². The van der Waals surface area contributed by atoms with E-state index in [-0.39, 0.29) is 11.9 Å². The number of carbonyl (C=O) groups excluding carboxylic acids is 1. The minimum absolute atomic E-state index is 0.158. The maximum Gasteiger partial charge on any atom is 0.259 e. The maximum absolute atomic E-state index is 12.6. The molecule has 0 fully saturated rings. The molecule has 4 aromatic heterocycles. The molecule has 0 saturated heterocycles. The summed E-state index contributed by atoms with van der Waals surface area (Å²) in [6, 6.07) is 10.8. The molecule has 0 bridgehead atoms. The predicted octanol–water partition coefficient (Wildman–Crippen LogP) is 2.69. The highest BCUT2D eigenvalue weighted by Gasteiger charge is 2.13. The first kappa shape index (κ1) is 18.4. The average molecular weight is 386 g/mol. The zero-order chi connectivity index (χ0) is 20.4. The van der Waals surface area contributed by atoms with Crippen LogP contribution in [-0.4, -0.2) is 40.6 Å². The van der Waals surface area contributed by atoms with Crippen LogP contribution in [-0.2, 0) is 0 Å². The number of nitrogens with zero attached hydrogens (tertiary/aromatic N) is 7. The molecule has 1 N–H and O–H groups in total. The predicted molar refractivity (Wildman–Crippen MR) is 107 cm³/mol. The molecule has 1 amide bonds. The van der Waals surface area contributed by atoms with Crippen molar-refractivity contribution in [3.8, 4) is 17.3 Å². The monoisotopic (exact) mass is 386 g/mol. The molecule has 0 unspecified atom stereocenters. The SMILES string of the molecule is Cc1cc(C)n(-c2ccc(C(=O)Nc3nc(C)nc(-c4ccccn4)n3)cn2)n1. The fourth-order valence-corrected chi connectivity index (χ4v) is 2.83. The summed E-state index contributed by atoms with van der Waals surface area (Å²) in [5, 5.41) is 7.08. The minimum atomic E-state index is -0.366. The van der Waals surface area contributed by atoms with E-state index in [2.05, 4.69) is 35.3 Å². The van der Waals surface area contributed by atoms with Crippen molar-refractivity contribution in [3.05, 3.63) is 71.6 Å². The third-order valence-electron chi connectivity index (χ3n) is 4.10. The van der Waals surface area contributed by atoms with Gasteiger partial charge in [-0.3, -0.25) is 15.1 Å². The van der Waals surface area contributed by atoms with E-state index in [1.807, 2.05) is 32.0 Å². The first-order chi connectivity index (χ1) is 14.0. The number of carbonyl (C=O) groups is 1. The topological polar surface area (TPSA) is 111 Å². The number of hydrogen-bond acceptors (Lipinski definition) is 7. The molecule has 9 heteroatoms. The van der Waals surface area contributed by atoms with Gasteiger partial charge < -0.3 is 0 Å². The molecular formula is C20H18N8O. The second-order valence-electron chi connectivity index (χ2n) is 6.44. The molecule has 0 saturated carbocycles. The molecule has 0 aromatic carbocycles. The van der Waals surface area contributed by atoms with Gasteiger partial charge in [0.05, 0.1) is 11.3 Å². The van der Waals surface area contributed by atoms with E-state index in [1.165, 1.54) is 6.20 Å². The van der Waals surface area contributed by atoms with Crippen molar-refractivity contribution < 1.29 is 4.79 Å². The lowest BCUT2D eigenvalue weighted by atomic mass is 10.2. The number of hydrogen-bond donors (Lipinski definition) is 1. The Hall–Kier alpha value is -4.01. The van der Waals surface area contributed by atoms with E-state index >= 15 is 0 Å². The fourth-order valence-electron chi connectivity index (χ4n) is 2.83. The Morgan fingerprint density at radius 3 is 2.52 bits per heavy atom. The summed E-state index contributed by atoms with van der Waals surface area (Å²) in [7, 11) is 0. The zero-order valence-corrected chi connectivity index (χ0v) is 16.2. The van der Waals surface area contributed by atoms with E-state index in [0.717, 1.165) is 11.4 Å². The molecule has 0 spiro atoms. The van der Waals surface area contributed by atoms with Crippen LogP contribution in [0.25, 0.3) is 17.3 Å². The normalized spacial score (nSPS) is 10.7. The molecular weight excluding hydrogens is 368 g/mol. The summed E-state index contributed by atoms with van der Waals surface area (Å²) in [6.07, 6.45) is 3.15. The van der Waals surface area contributed by atoms with Gasteiger partial charge in [-0.25, -0.2) is 14.6 Å². The van der Waals surface area contributed by atoms with Gasteiger partial charge in [0.1, 0.15) is 11.5 Å². The summed E-state index contributed by atoms with van der Waals surface area (Å²) < 4.78 is 1.73. The number of aryl methyl sites for hydroxylation is 3. The summed E-state index contributed by atoms with van der Waals surface area (Å²) in [5.41, 5.74) is 2.85. The van der Waals surface area contributed by atoms with Crippen LogP contribution < -0.4 is 5.32 Å². The van der Waals surface area contributed by atoms with Gasteiger partial charge in [0.2, 0.25) is 5.95 Å². The fraction of sp³-hybridized carbons (Fsp3) is 0.150. The molecule has 0 aliphatic carbocycles. The van der Waals surface area contributed by atoms with E-state index in [0.29, 0.717) is 28.7 Å². The van der Waals surface area contributed by atoms with Crippen molar-refractivity contribution in [1.82, 2.24) is 34.7 Å². The van der Waals surface area contributed by atoms with Crippen LogP contribution in [0.15, 0.2) is 48.8 Å². The average Bonchev–Trinajstić information content (AvgIpc) is 3.06. The molecule has 4 rings (SSSR count). The Morgan fingerprint density at radius 2 is 1.86 bits per heavy atom. The summed E-state index contributed by atoms with van der Waals surface area (Å²) in [4.78, 5) is 33.9. The maximum atomic E-state index is 12.6. The first-order valence-electron chi connectivity index (χ1n) is 8.95. The van der Waals surface area contributed by atoms with Crippen molar-refractivity contribution >= 4 is 11.9 Å². The Balaban J connectivity index is 1.55. The van der Waals surface area contributed by atoms with Gasteiger partial charge in [0.25, 0.3) is 5.91 Å². The summed E-state index contributed by atoms with van der Waals surface area (Å²) in [6.45, 7) is 5.60. The van der Waals surface area contributed by atoms with Gasteiger partial charge in [-0.15, -0.1) is 0 Å². The highest BCUT2D eigenvalue weighted by atomic mass is 16.1. The largest absolute Gasteiger partial charge is 0.290 e. The molecule has 29 heavy (non-hydrogen) atoms. The second-order valence-corrected chi connectivity index (χ2v) is 6.44. The lowest BCUT2D eigenvalue weighted by molar-refractivity contribution is 0.102. The molecule has 0 aliphatic heterocycles. The Bertz CT molecular complexity index is 1170. The summed E-state index contributed by atoms with van der Waals surface area (Å²) >= 11 is 0. The van der Waals surface area contributed by atoms with Crippen molar-refractivity contribution in [2.75, 3.05) is 5.32 Å². The lowest BCUT2D eigenvalue weighted by Gasteiger charge is -2.07. The van der Waals surface area contributed by atoms with Crippen molar-refractivity contribution in [2.24, 2.45) is 0 Å². The molecule has 0 aliphatic rings. The molecule has 9 nitrogen and oxygen atoms in total. The third-order valence-corrected chi connectivity index (χ3v) is 4.10. The Morgan fingerprint density at radius 1 is 1.00 bits per heavy atom. The Labute approximate surface area is 166 Å². The Kier molecular flexibility index (Phi) is 4.78. The number of anilines is 1. The second kappa shape index (κ2) is 7.55. The molecule has 0 radical (unpaired) electrons. The van der Waals surface area contributed by atoms with Gasteiger partial charge in [-0.2, -0.15) is 15.1 Å². The van der Waals surface area contributed by atoms with Gasteiger partial charge in [-0.1, -0.05) is 6.07 Å². The number of pyridine rings is 2. The van der Waals surface area contributed by atoms with Crippen LogP contribution in [0.1, 0.15) is 27.6 Å². The van der Waals surface area contributed by atoms with Gasteiger partial charge in [0, 0.05) is 18.1 Å². The highest BCUT2D eigenvalue weighted by Crippen LogP contribution is 2.14. The number of aromatic nitrogens is 7. The van der Waals surface area contributed by atoms with E-state index < -0.39 is 0 Å². The highest BCUT2D eigenvalue weighted by molar-refractivity contribution is 6.03. The zero-order valence-electron chi connectivity index (χ0n) is 16.2. The van der Waals surface area contributed by atoms with Gasteiger partial charge in [-0.05, 0) is 51.1 Å². The third kappa shape index (κ3) is 3.98. The quantitative estimate of drug-likeness (QED) is 0.574. The minimum Gasteiger partial charge on any atom is -0.290 e. The lowest BCUT2D eigenvalue weighted by Crippen LogP contribution is -2.16. The van der Waals surface area contributed by atoms with Crippen LogP contribution in [0, 0.1) is 20.8 Å². The first-order valence-corrected chi connectivity index (χ1v) is 8.95. The van der Waals surface area contributed by atoms with E-state index in [9.17, 15) is 4.79 Å². The van der Waals surface area contributed by atoms with Crippen LogP contribution in [0.3, 0.4) is 0 Å². The van der Waals surface area contributed by atoms with E-state index in [4.69, 9.17) is 0 Å². The van der Waals surface area contributed by atoms with Crippen LogP contribution >= 0.6 is 0 Å². The molecule has 4 aromatic rings. The number of amides is 1. The van der Waals surface area contributed by atoms with Crippen LogP contribution in [0.2, 0.25) is 0 Å². The molecule has 0 atom stereocenters. The van der Waals surface area contributed by atoms with Crippen molar-refractivity contribution in [1.29, 1.82) is 0 Å². The molecule has 144 valence electrons. The van der Waals surface area contributed by atoms with Crippen LogP contribution in [0.5, 0.6) is 0 Å². The summed E-state index contributed by atoms with van der Waals surface area (Å²) in [5.74, 6) is 1.31. The number of rotatable bonds is 4. The smallest absolute Gasteiger partial charge is 0.259 e. The standard InChI is InChI=1S/C20H18N8O/c1-12-10-13(2)28(27-12)17-8-7-15(11-22-17)19(29)26-20-24-14(3)23-18(25-20)16-6-4-5-9-21-16/h4-11H,1-3H3,(H,23,24,25,26,29). The molecule has 4 heterocycles. The van der Waals surface area contributed by atoms with Crippen LogP contribution in [0.4, 0.5) is 5.95 Å². The van der Waals surface area contributed by atoms with E-state index in [1.54, 1.807) is 36.0 Å². The van der Waals surface area contributed by atoms with Crippen molar-refractivity contribution in [2.45, 2.75) is 20.8 Å². The van der Waals surface area contributed by atoms with Crippen molar-refractivity contribution in [3.63, 3.8) is 0 Å². The number of nitrogens with one attached hydrogen (secondary N) is 1.